The predicted molar refractivity (Wildman–Crippen MR) is 103 cm³/mol. The number of carbonyl (C=O) groups excluding carboxylic acids is 1. The number of rotatable bonds is 5. The first-order chi connectivity index (χ1) is 12.8. The second-order valence-corrected chi connectivity index (χ2v) is 9.51. The Morgan fingerprint density at radius 3 is 2.37 bits per heavy atom. The molecule has 0 atom stereocenters. The van der Waals surface area contributed by atoms with Crippen molar-refractivity contribution < 1.29 is 18.4 Å². The predicted octanol–water partition coefficient (Wildman–Crippen LogP) is 1.90. The van der Waals surface area contributed by atoms with Gasteiger partial charge in [0.05, 0.1) is 11.1 Å². The van der Waals surface area contributed by atoms with Crippen LogP contribution in [0.3, 0.4) is 0 Å². The summed E-state index contributed by atoms with van der Waals surface area (Å²) in [5.74, 6) is -0.258. The Morgan fingerprint density at radius 2 is 1.81 bits per heavy atom. The summed E-state index contributed by atoms with van der Waals surface area (Å²) in [7, 11) is -3.53. The van der Waals surface area contributed by atoms with Crippen molar-refractivity contribution >= 4 is 32.4 Å². The van der Waals surface area contributed by atoms with Gasteiger partial charge in [-0.2, -0.15) is 4.31 Å². The number of nitrogens with one attached hydrogen (secondary N) is 1. The lowest BCUT2D eigenvalue weighted by Crippen LogP contribution is -2.48. The van der Waals surface area contributed by atoms with E-state index in [1.54, 1.807) is 17.6 Å². The molecule has 2 aromatic rings. The molecule has 0 saturated carbocycles. The van der Waals surface area contributed by atoms with E-state index in [2.05, 4.69) is 18.8 Å². The van der Waals surface area contributed by atoms with Gasteiger partial charge in [0.1, 0.15) is 4.88 Å². The molecule has 3 rings (SSSR count). The molecule has 0 spiro atoms. The van der Waals surface area contributed by atoms with E-state index >= 15 is 0 Å². The molecule has 0 radical (unpaired) electrons. The van der Waals surface area contributed by atoms with E-state index in [4.69, 9.17) is 5.21 Å². The fourth-order valence-electron chi connectivity index (χ4n) is 2.86. The van der Waals surface area contributed by atoms with Gasteiger partial charge in [-0.1, -0.05) is 37.3 Å². The van der Waals surface area contributed by atoms with Gasteiger partial charge in [0.15, 0.2) is 5.13 Å². The van der Waals surface area contributed by atoms with Crippen LogP contribution in [0.15, 0.2) is 35.4 Å². The zero-order chi connectivity index (χ0) is 19.6. The number of nitrogens with zero attached hydrogens (tertiary/aromatic N) is 3. The fraction of sp³-hybridized carbons (Fsp3) is 0.412. The maximum absolute atomic E-state index is 12.9. The first kappa shape index (κ1) is 19.7. The summed E-state index contributed by atoms with van der Waals surface area (Å²) in [5.41, 5.74) is 2.68. The highest BCUT2D eigenvalue weighted by Gasteiger charge is 2.29. The molecular formula is C17H22N4O4S2. The number of benzene rings is 1. The summed E-state index contributed by atoms with van der Waals surface area (Å²) < 4.78 is 27.2. The van der Waals surface area contributed by atoms with Gasteiger partial charge >= 0.3 is 0 Å². The molecule has 1 aliphatic heterocycles. The first-order valence-corrected chi connectivity index (χ1v) is 10.8. The van der Waals surface area contributed by atoms with Crippen LogP contribution in [-0.4, -0.2) is 55.0 Å². The molecule has 2 heterocycles. The number of piperazine rings is 1. The van der Waals surface area contributed by atoms with Crippen molar-refractivity contribution in [1.82, 2.24) is 14.8 Å². The molecule has 10 heteroatoms. The lowest BCUT2D eigenvalue weighted by Gasteiger charge is -2.33. The zero-order valence-electron chi connectivity index (χ0n) is 15.1. The average Bonchev–Trinajstić information content (AvgIpc) is 3.17. The third-order valence-corrected chi connectivity index (χ3v) is 7.48. The lowest BCUT2D eigenvalue weighted by atomic mass is 10.0. The van der Waals surface area contributed by atoms with Crippen LogP contribution in [0.25, 0.3) is 0 Å². The van der Waals surface area contributed by atoms with Crippen molar-refractivity contribution in [3.63, 3.8) is 0 Å². The number of amides is 1. The van der Waals surface area contributed by atoms with Gasteiger partial charge in [-0.3, -0.25) is 10.0 Å². The Labute approximate surface area is 162 Å². The number of sulfonamides is 1. The van der Waals surface area contributed by atoms with Crippen LogP contribution >= 0.6 is 11.3 Å². The summed E-state index contributed by atoms with van der Waals surface area (Å²) >= 11 is 1.16. The van der Waals surface area contributed by atoms with E-state index in [1.807, 2.05) is 17.0 Å². The molecule has 1 saturated heterocycles. The fourth-order valence-corrected chi connectivity index (χ4v) is 5.14. The molecule has 1 aromatic heterocycles. The van der Waals surface area contributed by atoms with Crippen molar-refractivity contribution in [3.05, 3.63) is 40.9 Å². The second kappa shape index (κ2) is 7.93. The molecule has 1 amide bonds. The molecule has 0 unspecified atom stereocenters. The van der Waals surface area contributed by atoms with Crippen LogP contribution in [0, 0.1) is 0 Å². The minimum Gasteiger partial charge on any atom is -0.345 e. The van der Waals surface area contributed by atoms with Crippen molar-refractivity contribution in [2.24, 2.45) is 0 Å². The van der Waals surface area contributed by atoms with Gasteiger partial charge in [-0.15, -0.1) is 0 Å². The third kappa shape index (κ3) is 4.13. The Hall–Kier alpha value is -2.01. The molecule has 146 valence electrons. The number of thiazole rings is 1. The van der Waals surface area contributed by atoms with E-state index in [1.165, 1.54) is 10.5 Å². The number of hydrogen-bond donors (Lipinski definition) is 2. The van der Waals surface area contributed by atoms with Crippen LogP contribution in [0.1, 0.15) is 35.0 Å². The SMILES string of the molecule is CC(C)c1ccc(S(=O)(=O)N2CCN(c3ncc(C(=O)NO)s3)CC2)cc1. The highest BCUT2D eigenvalue weighted by atomic mass is 32.2. The molecular weight excluding hydrogens is 388 g/mol. The van der Waals surface area contributed by atoms with E-state index in [-0.39, 0.29) is 0 Å². The molecule has 0 bridgehead atoms. The number of aromatic nitrogens is 1. The maximum Gasteiger partial charge on any atom is 0.286 e. The Balaban J connectivity index is 1.67. The smallest absolute Gasteiger partial charge is 0.286 e. The summed E-state index contributed by atoms with van der Waals surface area (Å²) in [6.45, 7) is 5.78. The van der Waals surface area contributed by atoms with Gasteiger partial charge in [0.25, 0.3) is 5.91 Å². The maximum atomic E-state index is 12.9. The van der Waals surface area contributed by atoms with E-state index in [0.29, 0.717) is 47.0 Å². The Bertz CT molecular complexity index is 901. The average molecular weight is 411 g/mol. The molecule has 2 N–H and O–H groups in total. The quantitative estimate of drug-likeness (QED) is 0.576. The molecule has 27 heavy (non-hydrogen) atoms. The van der Waals surface area contributed by atoms with E-state index < -0.39 is 15.9 Å². The monoisotopic (exact) mass is 410 g/mol. The summed E-state index contributed by atoms with van der Waals surface area (Å²) in [5, 5.41) is 9.31. The number of anilines is 1. The van der Waals surface area contributed by atoms with Gasteiger partial charge < -0.3 is 4.90 Å². The van der Waals surface area contributed by atoms with Crippen molar-refractivity contribution in [3.8, 4) is 0 Å². The Morgan fingerprint density at radius 1 is 1.19 bits per heavy atom. The van der Waals surface area contributed by atoms with Crippen LogP contribution in [0.4, 0.5) is 5.13 Å². The first-order valence-electron chi connectivity index (χ1n) is 8.58. The van der Waals surface area contributed by atoms with Gasteiger partial charge in [-0.05, 0) is 23.6 Å². The van der Waals surface area contributed by atoms with Crippen molar-refractivity contribution in [2.45, 2.75) is 24.7 Å². The highest BCUT2D eigenvalue weighted by Crippen LogP contribution is 2.26. The molecule has 8 nitrogen and oxygen atoms in total. The molecule has 1 aliphatic rings. The number of hydrogen-bond acceptors (Lipinski definition) is 7. The lowest BCUT2D eigenvalue weighted by molar-refractivity contribution is 0.0710. The summed E-state index contributed by atoms with van der Waals surface area (Å²) in [6.07, 6.45) is 1.39. The Kier molecular flexibility index (Phi) is 5.80. The van der Waals surface area contributed by atoms with Gasteiger partial charge in [0.2, 0.25) is 10.0 Å². The topological polar surface area (TPSA) is 103 Å². The van der Waals surface area contributed by atoms with Crippen molar-refractivity contribution in [1.29, 1.82) is 0 Å². The van der Waals surface area contributed by atoms with Gasteiger partial charge in [-0.25, -0.2) is 18.9 Å². The minimum atomic E-state index is -3.53. The van der Waals surface area contributed by atoms with E-state index in [0.717, 1.165) is 16.9 Å². The zero-order valence-corrected chi connectivity index (χ0v) is 16.8. The molecule has 1 aromatic carbocycles. The normalized spacial score (nSPS) is 15.9. The van der Waals surface area contributed by atoms with Crippen LogP contribution in [0.2, 0.25) is 0 Å². The van der Waals surface area contributed by atoms with Gasteiger partial charge in [0, 0.05) is 26.2 Å². The molecule has 0 aliphatic carbocycles. The van der Waals surface area contributed by atoms with Crippen molar-refractivity contribution in [2.75, 3.05) is 31.1 Å². The van der Waals surface area contributed by atoms with Crippen LogP contribution in [-0.2, 0) is 10.0 Å². The summed E-state index contributed by atoms with van der Waals surface area (Å²) in [6, 6.07) is 7.05. The summed E-state index contributed by atoms with van der Waals surface area (Å²) in [4.78, 5) is 18.1. The second-order valence-electron chi connectivity index (χ2n) is 6.56. The van der Waals surface area contributed by atoms with Crippen LogP contribution < -0.4 is 10.4 Å². The number of hydroxylamine groups is 1. The highest BCUT2D eigenvalue weighted by molar-refractivity contribution is 7.89. The number of carbonyl (C=O) groups is 1. The van der Waals surface area contributed by atoms with Crippen LogP contribution in [0.5, 0.6) is 0 Å². The molecule has 1 fully saturated rings. The van der Waals surface area contributed by atoms with E-state index in [9.17, 15) is 13.2 Å². The largest absolute Gasteiger partial charge is 0.345 e. The standard InChI is InChI=1S/C17H22N4O4S2/c1-12(2)13-3-5-14(6-4-13)27(24,25)21-9-7-20(8-10-21)17-18-11-15(26-17)16(22)19-23/h3-6,11-12,23H,7-10H2,1-2H3,(H,19,22). The third-order valence-electron chi connectivity index (χ3n) is 4.51. The minimum absolute atomic E-state index is 0.299.